The van der Waals surface area contributed by atoms with Crippen LogP contribution in [0.25, 0.3) is 0 Å². The molecule has 21 heavy (non-hydrogen) atoms. The van der Waals surface area contributed by atoms with E-state index in [9.17, 15) is 4.79 Å². The van der Waals surface area contributed by atoms with Crippen molar-refractivity contribution in [1.82, 2.24) is 10.2 Å². The number of piperidine rings is 1. The van der Waals surface area contributed by atoms with E-state index >= 15 is 0 Å². The van der Waals surface area contributed by atoms with Crippen LogP contribution in [-0.2, 0) is 11.3 Å². The van der Waals surface area contributed by atoms with Crippen LogP contribution in [0.5, 0.6) is 0 Å². The van der Waals surface area contributed by atoms with Gasteiger partial charge in [-0.2, -0.15) is 0 Å². The van der Waals surface area contributed by atoms with Gasteiger partial charge in [0.25, 0.3) is 0 Å². The standard InChI is InChI=1S/C15H20Cl2N2O2/c16-13-5-1-4-12(15(13)17)10-19-6-2-3-11(9-19)7-18-8-14(20)21/h1,4-5,11,18H,2-3,6-10H2,(H,20,21). The van der Waals surface area contributed by atoms with E-state index in [1.807, 2.05) is 12.1 Å². The number of halogens is 2. The van der Waals surface area contributed by atoms with Crippen molar-refractivity contribution in [2.24, 2.45) is 5.92 Å². The van der Waals surface area contributed by atoms with Gasteiger partial charge >= 0.3 is 5.97 Å². The molecule has 0 radical (unpaired) electrons. The third-order valence-corrected chi connectivity index (χ3v) is 4.60. The molecule has 1 unspecified atom stereocenters. The van der Waals surface area contributed by atoms with Gasteiger partial charge in [0.1, 0.15) is 0 Å². The molecule has 0 amide bonds. The minimum Gasteiger partial charge on any atom is -0.480 e. The predicted octanol–water partition coefficient (Wildman–Crippen LogP) is 2.88. The number of carbonyl (C=O) groups is 1. The topological polar surface area (TPSA) is 52.6 Å². The second kappa shape index (κ2) is 7.99. The van der Waals surface area contributed by atoms with Crippen LogP contribution >= 0.6 is 23.2 Å². The van der Waals surface area contributed by atoms with Crippen LogP contribution in [0.3, 0.4) is 0 Å². The molecule has 1 heterocycles. The van der Waals surface area contributed by atoms with Crippen LogP contribution in [0.2, 0.25) is 10.0 Å². The van der Waals surface area contributed by atoms with Crippen LogP contribution < -0.4 is 5.32 Å². The lowest BCUT2D eigenvalue weighted by Crippen LogP contribution is -2.40. The Balaban J connectivity index is 1.86. The zero-order valence-electron chi connectivity index (χ0n) is 11.8. The summed E-state index contributed by atoms with van der Waals surface area (Å²) >= 11 is 12.3. The highest BCUT2D eigenvalue weighted by Crippen LogP contribution is 2.27. The monoisotopic (exact) mass is 330 g/mol. The summed E-state index contributed by atoms with van der Waals surface area (Å²) in [6.07, 6.45) is 2.25. The fourth-order valence-corrected chi connectivity index (χ4v) is 3.14. The molecule has 1 fully saturated rings. The van der Waals surface area contributed by atoms with Crippen molar-refractivity contribution in [3.8, 4) is 0 Å². The van der Waals surface area contributed by atoms with E-state index in [4.69, 9.17) is 28.3 Å². The van der Waals surface area contributed by atoms with Crippen molar-refractivity contribution < 1.29 is 9.90 Å². The van der Waals surface area contributed by atoms with Crippen LogP contribution in [-0.4, -0.2) is 42.2 Å². The molecule has 1 aliphatic rings. The van der Waals surface area contributed by atoms with Crippen LogP contribution in [0, 0.1) is 5.92 Å². The van der Waals surface area contributed by atoms with Crippen LogP contribution in [0.4, 0.5) is 0 Å². The van der Waals surface area contributed by atoms with Gasteiger partial charge in [-0.05, 0) is 43.5 Å². The number of likely N-dealkylation sites (tertiary alicyclic amines) is 1. The van der Waals surface area contributed by atoms with Crippen molar-refractivity contribution in [3.05, 3.63) is 33.8 Å². The van der Waals surface area contributed by atoms with Gasteiger partial charge < -0.3 is 10.4 Å². The highest BCUT2D eigenvalue weighted by molar-refractivity contribution is 6.42. The summed E-state index contributed by atoms with van der Waals surface area (Å²) in [7, 11) is 0. The maximum absolute atomic E-state index is 10.5. The number of nitrogens with zero attached hydrogens (tertiary/aromatic N) is 1. The molecule has 0 saturated carbocycles. The summed E-state index contributed by atoms with van der Waals surface area (Å²) in [5, 5.41) is 12.9. The summed E-state index contributed by atoms with van der Waals surface area (Å²) in [5.41, 5.74) is 1.04. The van der Waals surface area contributed by atoms with Gasteiger partial charge in [0.05, 0.1) is 16.6 Å². The molecular formula is C15H20Cl2N2O2. The lowest BCUT2D eigenvalue weighted by molar-refractivity contribution is -0.136. The molecule has 0 aliphatic carbocycles. The summed E-state index contributed by atoms with van der Waals surface area (Å²) in [4.78, 5) is 12.9. The molecule has 1 aliphatic heterocycles. The number of rotatable bonds is 6. The molecule has 116 valence electrons. The lowest BCUT2D eigenvalue weighted by Gasteiger charge is -2.33. The number of benzene rings is 1. The second-order valence-electron chi connectivity index (χ2n) is 5.48. The molecule has 6 heteroatoms. The van der Waals surface area contributed by atoms with Crippen molar-refractivity contribution >= 4 is 29.2 Å². The van der Waals surface area contributed by atoms with E-state index in [0.717, 1.165) is 44.6 Å². The Labute approximate surface area is 135 Å². The number of carboxylic acid groups (broad SMARTS) is 1. The molecule has 1 saturated heterocycles. The molecule has 2 N–H and O–H groups in total. The van der Waals surface area contributed by atoms with E-state index in [0.29, 0.717) is 16.0 Å². The average molecular weight is 331 g/mol. The first-order valence-corrected chi connectivity index (χ1v) is 7.89. The SMILES string of the molecule is O=C(O)CNCC1CCCN(Cc2cccc(Cl)c2Cl)C1. The molecule has 1 atom stereocenters. The third kappa shape index (κ3) is 5.15. The smallest absolute Gasteiger partial charge is 0.317 e. The first-order valence-electron chi connectivity index (χ1n) is 7.14. The summed E-state index contributed by atoms with van der Waals surface area (Å²) in [5.74, 6) is -0.329. The van der Waals surface area contributed by atoms with Gasteiger partial charge in [-0.1, -0.05) is 35.3 Å². The number of hydrogen-bond donors (Lipinski definition) is 2. The molecule has 0 bridgehead atoms. The Morgan fingerprint density at radius 2 is 2.24 bits per heavy atom. The van der Waals surface area contributed by atoms with E-state index in [1.54, 1.807) is 6.07 Å². The number of aliphatic carboxylic acids is 1. The summed E-state index contributed by atoms with van der Waals surface area (Å²) in [6, 6.07) is 5.71. The lowest BCUT2D eigenvalue weighted by atomic mass is 9.97. The van der Waals surface area contributed by atoms with Crippen LogP contribution in [0.15, 0.2) is 18.2 Å². The summed E-state index contributed by atoms with van der Waals surface area (Å²) < 4.78 is 0. The molecular weight excluding hydrogens is 311 g/mol. The van der Waals surface area contributed by atoms with Crippen LogP contribution in [0.1, 0.15) is 18.4 Å². The zero-order chi connectivity index (χ0) is 15.2. The summed E-state index contributed by atoms with van der Waals surface area (Å²) in [6.45, 7) is 3.55. The highest BCUT2D eigenvalue weighted by atomic mass is 35.5. The number of carboxylic acids is 1. The maximum atomic E-state index is 10.5. The number of hydrogen-bond acceptors (Lipinski definition) is 3. The van der Waals surface area contributed by atoms with E-state index in [-0.39, 0.29) is 6.54 Å². The Bertz CT molecular complexity index is 497. The highest BCUT2D eigenvalue weighted by Gasteiger charge is 2.20. The maximum Gasteiger partial charge on any atom is 0.317 e. The first kappa shape index (κ1) is 16.6. The fraction of sp³-hybridized carbons (Fsp3) is 0.533. The Morgan fingerprint density at radius 1 is 1.43 bits per heavy atom. The van der Waals surface area contributed by atoms with Crippen molar-refractivity contribution in [2.75, 3.05) is 26.2 Å². The molecule has 1 aromatic rings. The largest absolute Gasteiger partial charge is 0.480 e. The Kier molecular flexibility index (Phi) is 6.30. The van der Waals surface area contributed by atoms with E-state index in [2.05, 4.69) is 10.2 Å². The Hall–Kier alpha value is -0.810. The normalized spacial score (nSPS) is 19.6. The molecule has 0 spiro atoms. The number of nitrogens with one attached hydrogen (secondary N) is 1. The fourth-order valence-electron chi connectivity index (χ4n) is 2.76. The van der Waals surface area contributed by atoms with E-state index in [1.165, 1.54) is 0 Å². The molecule has 4 nitrogen and oxygen atoms in total. The van der Waals surface area contributed by atoms with Gasteiger partial charge in [0, 0.05) is 13.1 Å². The average Bonchev–Trinajstić information content (AvgIpc) is 2.44. The van der Waals surface area contributed by atoms with E-state index < -0.39 is 5.97 Å². The minimum absolute atomic E-state index is 0.0244. The predicted molar refractivity (Wildman–Crippen MR) is 85.0 cm³/mol. The first-order chi connectivity index (χ1) is 10.1. The van der Waals surface area contributed by atoms with Gasteiger partial charge in [0.15, 0.2) is 0 Å². The minimum atomic E-state index is -0.812. The second-order valence-corrected chi connectivity index (χ2v) is 6.27. The van der Waals surface area contributed by atoms with Crippen molar-refractivity contribution in [3.63, 3.8) is 0 Å². The zero-order valence-corrected chi connectivity index (χ0v) is 13.3. The third-order valence-electron chi connectivity index (χ3n) is 3.74. The van der Waals surface area contributed by atoms with Crippen molar-refractivity contribution in [1.29, 1.82) is 0 Å². The molecule has 1 aromatic carbocycles. The molecule has 0 aromatic heterocycles. The quantitative estimate of drug-likeness (QED) is 0.842. The Morgan fingerprint density at radius 3 is 3.00 bits per heavy atom. The van der Waals surface area contributed by atoms with Gasteiger partial charge in [0.2, 0.25) is 0 Å². The van der Waals surface area contributed by atoms with Crippen molar-refractivity contribution in [2.45, 2.75) is 19.4 Å². The van der Waals surface area contributed by atoms with Gasteiger partial charge in [-0.3, -0.25) is 9.69 Å². The van der Waals surface area contributed by atoms with Gasteiger partial charge in [-0.25, -0.2) is 0 Å². The van der Waals surface area contributed by atoms with Gasteiger partial charge in [-0.15, -0.1) is 0 Å². The molecule has 2 rings (SSSR count).